The van der Waals surface area contributed by atoms with Crippen LogP contribution in [0, 0.1) is 11.8 Å². The molecule has 1 atom stereocenters. The van der Waals surface area contributed by atoms with Crippen molar-refractivity contribution >= 4 is 29.8 Å². The summed E-state index contributed by atoms with van der Waals surface area (Å²) in [7, 11) is 1.56. The molecule has 0 aromatic heterocycles. The summed E-state index contributed by atoms with van der Waals surface area (Å²) in [6, 6.07) is 0. The Kier molecular flexibility index (Phi) is 38.5. The highest BCUT2D eigenvalue weighted by molar-refractivity contribution is 5.71. The zero-order chi connectivity index (χ0) is 41.3. The first-order valence-corrected chi connectivity index (χ1v) is 22.2. The molecule has 0 aliphatic rings. The lowest BCUT2D eigenvalue weighted by molar-refractivity contribution is -0.154. The monoisotopic (exact) mass is 800 g/mol. The summed E-state index contributed by atoms with van der Waals surface area (Å²) in [4.78, 5) is 61.5. The summed E-state index contributed by atoms with van der Waals surface area (Å²) in [5.74, 6) is -2.18. The average Bonchev–Trinajstić information content (AvgIpc) is 3.19. The van der Waals surface area contributed by atoms with Gasteiger partial charge in [0.2, 0.25) is 0 Å². The summed E-state index contributed by atoms with van der Waals surface area (Å²) in [5, 5.41) is 3.23. The van der Waals surface area contributed by atoms with Crippen molar-refractivity contribution in [2.75, 3.05) is 59.8 Å². The lowest BCUT2D eigenvalue weighted by atomic mass is 10.1. The molecule has 0 radical (unpaired) electrons. The molecular formula is C44H81NO11. The third kappa shape index (κ3) is 36.9. The highest BCUT2D eigenvalue weighted by atomic mass is 16.6. The van der Waals surface area contributed by atoms with E-state index in [-0.39, 0.29) is 81.6 Å². The number of rotatable bonds is 41. The van der Waals surface area contributed by atoms with Crippen LogP contribution in [0.2, 0.25) is 0 Å². The Labute approximate surface area is 339 Å². The molecule has 0 bridgehead atoms. The van der Waals surface area contributed by atoms with Gasteiger partial charge in [-0.2, -0.15) is 0 Å². The number of carbonyl (C=O) groups excluding carboxylic acids is 5. The Morgan fingerprint density at radius 2 is 0.607 bits per heavy atom. The maximum atomic E-state index is 12.5. The third-order valence-corrected chi connectivity index (χ3v) is 9.47. The molecule has 0 aromatic rings. The standard InChI is InChI=1S/C44H81NO11/c1-5-8-11-14-17-20-25-40(46)52-33-38(32-51-4)34-53-43(49)28-23-30-45-31-24-29-44(50)56-37-39(35-54-41(47)26-21-18-15-12-9-6-2)36-55-42(48)27-22-19-16-13-10-7-3/h38-39,45H,5-37H2,1-4H3. The molecule has 0 saturated heterocycles. The normalized spacial score (nSPS) is 11.7. The van der Waals surface area contributed by atoms with Gasteiger partial charge in [0.1, 0.15) is 19.8 Å². The number of methoxy groups -OCH3 is 1. The molecule has 0 spiro atoms. The molecule has 0 rings (SSSR count). The highest BCUT2D eigenvalue weighted by Gasteiger charge is 2.18. The van der Waals surface area contributed by atoms with Crippen LogP contribution in [0.3, 0.4) is 0 Å². The van der Waals surface area contributed by atoms with Crippen LogP contribution < -0.4 is 5.32 Å². The fourth-order valence-electron chi connectivity index (χ4n) is 5.93. The molecule has 0 fully saturated rings. The van der Waals surface area contributed by atoms with E-state index in [9.17, 15) is 24.0 Å². The summed E-state index contributed by atoms with van der Waals surface area (Å²) >= 11 is 0. The molecule has 56 heavy (non-hydrogen) atoms. The van der Waals surface area contributed by atoms with Crippen molar-refractivity contribution in [3.63, 3.8) is 0 Å². The predicted molar refractivity (Wildman–Crippen MR) is 219 cm³/mol. The zero-order valence-electron chi connectivity index (χ0n) is 36.0. The predicted octanol–water partition coefficient (Wildman–Crippen LogP) is 8.98. The van der Waals surface area contributed by atoms with E-state index in [1.54, 1.807) is 7.11 Å². The molecule has 12 heteroatoms. The molecule has 0 aliphatic heterocycles. The summed E-state index contributed by atoms with van der Waals surface area (Å²) in [6.07, 6.45) is 22.1. The minimum atomic E-state index is -0.437. The lowest BCUT2D eigenvalue weighted by Crippen LogP contribution is -2.26. The number of hydrogen-bond donors (Lipinski definition) is 1. The fraction of sp³-hybridized carbons (Fsp3) is 0.886. The van der Waals surface area contributed by atoms with Crippen LogP contribution in [0.4, 0.5) is 0 Å². The molecule has 328 valence electrons. The zero-order valence-corrected chi connectivity index (χ0v) is 36.0. The summed E-state index contributed by atoms with van der Waals surface area (Å²) in [5.41, 5.74) is 0. The largest absolute Gasteiger partial charge is 0.465 e. The van der Waals surface area contributed by atoms with Crippen molar-refractivity contribution in [1.82, 2.24) is 5.32 Å². The molecular weight excluding hydrogens is 718 g/mol. The minimum Gasteiger partial charge on any atom is -0.465 e. The van der Waals surface area contributed by atoms with Gasteiger partial charge in [0, 0.05) is 39.2 Å². The van der Waals surface area contributed by atoms with E-state index < -0.39 is 5.92 Å². The van der Waals surface area contributed by atoms with Crippen LogP contribution in [0.1, 0.15) is 181 Å². The molecule has 0 amide bonds. The van der Waals surface area contributed by atoms with Gasteiger partial charge < -0.3 is 33.7 Å². The van der Waals surface area contributed by atoms with Crippen molar-refractivity contribution in [3.8, 4) is 0 Å². The number of hydrogen-bond acceptors (Lipinski definition) is 12. The number of nitrogens with one attached hydrogen (secondary N) is 1. The number of ether oxygens (including phenoxy) is 6. The second kappa shape index (κ2) is 40.5. The first kappa shape index (κ1) is 53.3. The molecule has 12 nitrogen and oxygen atoms in total. The van der Waals surface area contributed by atoms with Gasteiger partial charge in [-0.05, 0) is 45.2 Å². The number of carbonyl (C=O) groups is 5. The van der Waals surface area contributed by atoms with Gasteiger partial charge >= 0.3 is 29.8 Å². The second-order valence-electron chi connectivity index (χ2n) is 15.1. The van der Waals surface area contributed by atoms with E-state index in [2.05, 4.69) is 26.1 Å². The maximum absolute atomic E-state index is 12.5. The molecule has 0 heterocycles. The summed E-state index contributed by atoms with van der Waals surface area (Å²) < 4.78 is 32.4. The SMILES string of the molecule is CCCCCCCCC(=O)OCC(COC)COC(=O)CCCNCCCC(=O)OCC(COC(=O)CCCCCCCC)COC(=O)CCCCCCCC. The van der Waals surface area contributed by atoms with E-state index in [4.69, 9.17) is 28.4 Å². The van der Waals surface area contributed by atoms with Crippen molar-refractivity contribution in [3.05, 3.63) is 0 Å². The second-order valence-corrected chi connectivity index (χ2v) is 15.1. The average molecular weight is 800 g/mol. The maximum Gasteiger partial charge on any atom is 0.305 e. The van der Waals surface area contributed by atoms with Gasteiger partial charge in [0.15, 0.2) is 0 Å². The quantitative estimate of drug-likeness (QED) is 0.0357. The molecule has 0 saturated carbocycles. The van der Waals surface area contributed by atoms with Crippen LogP contribution in [0.5, 0.6) is 0 Å². The van der Waals surface area contributed by atoms with Gasteiger partial charge in [0.25, 0.3) is 0 Å². The van der Waals surface area contributed by atoms with Crippen LogP contribution in [-0.2, 0) is 52.4 Å². The summed E-state index contributed by atoms with van der Waals surface area (Å²) in [6.45, 7) is 8.31. The molecule has 1 unspecified atom stereocenters. The topological polar surface area (TPSA) is 153 Å². The fourth-order valence-corrected chi connectivity index (χ4v) is 5.93. The van der Waals surface area contributed by atoms with Crippen molar-refractivity contribution in [2.24, 2.45) is 11.8 Å². The Bertz CT molecular complexity index is 945. The van der Waals surface area contributed by atoms with Crippen molar-refractivity contribution in [1.29, 1.82) is 0 Å². The molecule has 1 N–H and O–H groups in total. The van der Waals surface area contributed by atoms with Gasteiger partial charge in [0.05, 0.1) is 31.7 Å². The van der Waals surface area contributed by atoms with Gasteiger partial charge in [-0.3, -0.25) is 24.0 Å². The van der Waals surface area contributed by atoms with Gasteiger partial charge in [-0.15, -0.1) is 0 Å². The first-order chi connectivity index (χ1) is 27.2. The van der Waals surface area contributed by atoms with E-state index >= 15 is 0 Å². The smallest absolute Gasteiger partial charge is 0.305 e. The highest BCUT2D eigenvalue weighted by Crippen LogP contribution is 2.12. The minimum absolute atomic E-state index is 0.00413. The van der Waals surface area contributed by atoms with Crippen molar-refractivity contribution < 1.29 is 52.4 Å². The molecule has 0 aromatic carbocycles. The Morgan fingerprint density at radius 3 is 0.893 bits per heavy atom. The first-order valence-electron chi connectivity index (χ1n) is 22.2. The van der Waals surface area contributed by atoms with E-state index in [0.717, 1.165) is 57.8 Å². The van der Waals surface area contributed by atoms with Crippen LogP contribution in [0.25, 0.3) is 0 Å². The lowest BCUT2D eigenvalue weighted by Gasteiger charge is -2.17. The Hall–Kier alpha value is -2.73. The van der Waals surface area contributed by atoms with E-state index in [1.807, 2.05) is 0 Å². The Morgan fingerprint density at radius 1 is 0.357 bits per heavy atom. The number of esters is 5. The molecule has 0 aliphatic carbocycles. The van der Waals surface area contributed by atoms with Gasteiger partial charge in [-0.1, -0.05) is 117 Å². The van der Waals surface area contributed by atoms with E-state index in [1.165, 1.54) is 57.8 Å². The third-order valence-electron chi connectivity index (χ3n) is 9.47. The van der Waals surface area contributed by atoms with Crippen molar-refractivity contribution in [2.45, 2.75) is 181 Å². The van der Waals surface area contributed by atoms with Crippen LogP contribution in [0.15, 0.2) is 0 Å². The number of unbranched alkanes of at least 4 members (excludes halogenated alkanes) is 15. The van der Waals surface area contributed by atoms with Crippen LogP contribution >= 0.6 is 0 Å². The van der Waals surface area contributed by atoms with Gasteiger partial charge in [-0.25, -0.2) is 0 Å². The van der Waals surface area contributed by atoms with E-state index in [0.29, 0.717) is 51.8 Å². The van der Waals surface area contributed by atoms with Crippen LogP contribution in [-0.4, -0.2) is 89.7 Å². The Balaban J connectivity index is 4.35.